The molecule has 2 aromatic rings. The average Bonchev–Trinajstić information content (AvgIpc) is 2.60. The van der Waals surface area contributed by atoms with Crippen molar-refractivity contribution >= 4 is 11.8 Å². The molecule has 126 valence electrons. The van der Waals surface area contributed by atoms with E-state index in [-0.39, 0.29) is 17.7 Å². The predicted octanol–water partition coefficient (Wildman–Crippen LogP) is 2.78. The number of benzene rings is 2. The van der Waals surface area contributed by atoms with Crippen molar-refractivity contribution in [1.82, 2.24) is 10.6 Å². The zero-order valence-corrected chi connectivity index (χ0v) is 14.2. The zero-order chi connectivity index (χ0) is 17.4. The van der Waals surface area contributed by atoms with Gasteiger partial charge in [0.2, 0.25) is 11.8 Å². The Morgan fingerprint density at radius 1 is 0.833 bits per heavy atom. The standard InChI is InChI=1S/C20H24N2O2/c1-15(2)20(24)22-13-12-21-19(23)14-16-8-10-18(11-9-16)17-6-4-3-5-7-17/h3-11,15H,12-14H2,1-2H3,(H,21,23)(H,22,24). The van der Waals surface area contributed by atoms with Gasteiger partial charge in [0.05, 0.1) is 6.42 Å². The third kappa shape index (κ3) is 5.54. The van der Waals surface area contributed by atoms with Gasteiger partial charge < -0.3 is 10.6 Å². The fraction of sp³-hybridized carbons (Fsp3) is 0.300. The van der Waals surface area contributed by atoms with E-state index in [0.29, 0.717) is 19.5 Å². The van der Waals surface area contributed by atoms with Gasteiger partial charge in [0.25, 0.3) is 0 Å². The second-order valence-corrected chi connectivity index (χ2v) is 6.04. The van der Waals surface area contributed by atoms with Crippen LogP contribution in [0.2, 0.25) is 0 Å². The molecule has 0 unspecified atom stereocenters. The molecule has 0 aliphatic rings. The quantitative estimate of drug-likeness (QED) is 0.770. The van der Waals surface area contributed by atoms with Gasteiger partial charge >= 0.3 is 0 Å². The first-order valence-corrected chi connectivity index (χ1v) is 8.25. The number of hydrogen-bond acceptors (Lipinski definition) is 2. The summed E-state index contributed by atoms with van der Waals surface area (Å²) >= 11 is 0. The molecule has 0 fully saturated rings. The summed E-state index contributed by atoms with van der Waals surface area (Å²) in [6, 6.07) is 18.1. The Bertz CT molecular complexity index is 664. The smallest absolute Gasteiger partial charge is 0.224 e. The Morgan fingerprint density at radius 3 is 2.04 bits per heavy atom. The van der Waals surface area contributed by atoms with Crippen molar-refractivity contribution in [3.8, 4) is 11.1 Å². The fourth-order valence-corrected chi connectivity index (χ4v) is 2.29. The molecule has 0 bridgehead atoms. The number of carbonyl (C=O) groups is 2. The molecule has 0 saturated carbocycles. The Labute approximate surface area is 143 Å². The lowest BCUT2D eigenvalue weighted by molar-refractivity contribution is -0.124. The molecule has 2 amide bonds. The van der Waals surface area contributed by atoms with Crippen LogP contribution in [-0.2, 0) is 16.0 Å². The van der Waals surface area contributed by atoms with E-state index < -0.39 is 0 Å². The molecule has 0 saturated heterocycles. The first-order chi connectivity index (χ1) is 11.6. The normalized spacial score (nSPS) is 10.5. The summed E-state index contributed by atoms with van der Waals surface area (Å²) < 4.78 is 0. The van der Waals surface area contributed by atoms with E-state index in [2.05, 4.69) is 22.8 Å². The molecule has 0 spiro atoms. The van der Waals surface area contributed by atoms with E-state index >= 15 is 0 Å². The van der Waals surface area contributed by atoms with Crippen LogP contribution < -0.4 is 10.6 Å². The summed E-state index contributed by atoms with van der Waals surface area (Å²) in [6.07, 6.45) is 0.340. The Kier molecular flexibility index (Phi) is 6.55. The summed E-state index contributed by atoms with van der Waals surface area (Å²) in [4.78, 5) is 23.3. The molecular weight excluding hydrogens is 300 g/mol. The molecule has 0 aliphatic carbocycles. The highest BCUT2D eigenvalue weighted by Gasteiger charge is 2.06. The molecule has 0 atom stereocenters. The largest absolute Gasteiger partial charge is 0.354 e. The summed E-state index contributed by atoms with van der Waals surface area (Å²) in [7, 11) is 0. The van der Waals surface area contributed by atoms with Crippen molar-refractivity contribution in [3.63, 3.8) is 0 Å². The Morgan fingerprint density at radius 2 is 1.42 bits per heavy atom. The van der Waals surface area contributed by atoms with Gasteiger partial charge in [-0.15, -0.1) is 0 Å². The Balaban J connectivity index is 1.77. The van der Waals surface area contributed by atoms with Crippen molar-refractivity contribution < 1.29 is 9.59 Å². The molecule has 2 rings (SSSR count). The summed E-state index contributed by atoms with van der Waals surface area (Å²) in [5, 5.41) is 5.59. The second kappa shape index (κ2) is 8.87. The number of carbonyl (C=O) groups excluding carboxylic acids is 2. The maximum absolute atomic E-state index is 11.9. The van der Waals surface area contributed by atoms with Crippen LogP contribution in [0, 0.1) is 5.92 Å². The summed E-state index contributed by atoms with van der Waals surface area (Å²) in [6.45, 7) is 4.58. The number of hydrogen-bond donors (Lipinski definition) is 2. The lowest BCUT2D eigenvalue weighted by Crippen LogP contribution is -2.36. The first-order valence-electron chi connectivity index (χ1n) is 8.25. The topological polar surface area (TPSA) is 58.2 Å². The van der Waals surface area contributed by atoms with Crippen molar-refractivity contribution in [3.05, 3.63) is 60.2 Å². The van der Waals surface area contributed by atoms with E-state index in [1.807, 2.05) is 56.3 Å². The lowest BCUT2D eigenvalue weighted by Gasteiger charge is -2.09. The highest BCUT2D eigenvalue weighted by Crippen LogP contribution is 2.19. The van der Waals surface area contributed by atoms with Crippen LogP contribution in [0.4, 0.5) is 0 Å². The van der Waals surface area contributed by atoms with Crippen LogP contribution in [0.1, 0.15) is 19.4 Å². The second-order valence-electron chi connectivity index (χ2n) is 6.04. The molecule has 4 heteroatoms. The molecule has 0 radical (unpaired) electrons. The number of nitrogens with one attached hydrogen (secondary N) is 2. The third-order valence-electron chi connectivity index (χ3n) is 3.70. The predicted molar refractivity (Wildman–Crippen MR) is 96.4 cm³/mol. The molecule has 2 aromatic carbocycles. The SMILES string of the molecule is CC(C)C(=O)NCCNC(=O)Cc1ccc(-c2ccccc2)cc1. The molecule has 0 heterocycles. The van der Waals surface area contributed by atoms with Gasteiger partial charge in [0.1, 0.15) is 0 Å². The van der Waals surface area contributed by atoms with Crippen LogP contribution in [0.15, 0.2) is 54.6 Å². The highest BCUT2D eigenvalue weighted by molar-refractivity contribution is 5.79. The molecular formula is C20H24N2O2. The number of amides is 2. The number of rotatable bonds is 7. The minimum atomic E-state index is -0.0405. The van der Waals surface area contributed by atoms with E-state index in [1.54, 1.807) is 0 Å². The maximum Gasteiger partial charge on any atom is 0.224 e. The molecule has 24 heavy (non-hydrogen) atoms. The van der Waals surface area contributed by atoms with E-state index in [9.17, 15) is 9.59 Å². The van der Waals surface area contributed by atoms with Gasteiger partial charge in [-0.2, -0.15) is 0 Å². The van der Waals surface area contributed by atoms with Crippen molar-refractivity contribution in [2.24, 2.45) is 5.92 Å². The molecule has 4 nitrogen and oxygen atoms in total. The van der Waals surface area contributed by atoms with E-state index in [1.165, 1.54) is 0 Å². The fourth-order valence-electron chi connectivity index (χ4n) is 2.29. The minimum Gasteiger partial charge on any atom is -0.354 e. The van der Waals surface area contributed by atoms with E-state index in [4.69, 9.17) is 0 Å². The van der Waals surface area contributed by atoms with Crippen LogP contribution in [0.25, 0.3) is 11.1 Å². The first kappa shape index (κ1) is 17.7. The molecule has 2 N–H and O–H groups in total. The van der Waals surface area contributed by atoms with Crippen molar-refractivity contribution in [2.45, 2.75) is 20.3 Å². The van der Waals surface area contributed by atoms with Crippen molar-refractivity contribution in [2.75, 3.05) is 13.1 Å². The van der Waals surface area contributed by atoms with Gasteiger partial charge in [0, 0.05) is 19.0 Å². The minimum absolute atomic E-state index is 0.000694. The van der Waals surface area contributed by atoms with Crippen LogP contribution in [0.3, 0.4) is 0 Å². The van der Waals surface area contributed by atoms with Crippen LogP contribution in [0.5, 0.6) is 0 Å². The monoisotopic (exact) mass is 324 g/mol. The molecule has 0 aliphatic heterocycles. The van der Waals surface area contributed by atoms with Crippen molar-refractivity contribution in [1.29, 1.82) is 0 Å². The van der Waals surface area contributed by atoms with Gasteiger partial charge in [-0.1, -0.05) is 68.4 Å². The van der Waals surface area contributed by atoms with Gasteiger partial charge in [-0.25, -0.2) is 0 Å². The molecule has 0 aromatic heterocycles. The van der Waals surface area contributed by atoms with Crippen LogP contribution >= 0.6 is 0 Å². The van der Waals surface area contributed by atoms with E-state index in [0.717, 1.165) is 16.7 Å². The summed E-state index contributed by atoms with van der Waals surface area (Å²) in [5.74, 6) is -0.0779. The third-order valence-corrected chi connectivity index (χ3v) is 3.70. The van der Waals surface area contributed by atoms with Crippen LogP contribution in [-0.4, -0.2) is 24.9 Å². The maximum atomic E-state index is 11.9. The average molecular weight is 324 g/mol. The Hall–Kier alpha value is -2.62. The summed E-state index contributed by atoms with van der Waals surface area (Å²) in [5.41, 5.74) is 3.27. The van der Waals surface area contributed by atoms with Gasteiger partial charge in [0.15, 0.2) is 0 Å². The van der Waals surface area contributed by atoms with Gasteiger partial charge in [-0.3, -0.25) is 9.59 Å². The zero-order valence-electron chi connectivity index (χ0n) is 14.2. The lowest BCUT2D eigenvalue weighted by atomic mass is 10.0. The van der Waals surface area contributed by atoms with Gasteiger partial charge in [-0.05, 0) is 16.7 Å². The highest BCUT2D eigenvalue weighted by atomic mass is 16.2.